The van der Waals surface area contributed by atoms with E-state index in [2.05, 4.69) is 30.3 Å². The van der Waals surface area contributed by atoms with Gasteiger partial charge in [-0.05, 0) is 38.9 Å². The van der Waals surface area contributed by atoms with Crippen LogP contribution in [0.4, 0.5) is 0 Å². The Balaban J connectivity index is 0.00000128. The Kier molecular flexibility index (Phi) is 5.32. The van der Waals surface area contributed by atoms with E-state index >= 15 is 0 Å². The van der Waals surface area contributed by atoms with Gasteiger partial charge >= 0.3 is 0 Å². The van der Waals surface area contributed by atoms with E-state index in [4.69, 9.17) is 4.42 Å². The lowest BCUT2D eigenvalue weighted by Gasteiger charge is -2.35. The number of hydrogen-bond acceptors (Lipinski definition) is 3. The highest BCUT2D eigenvalue weighted by atomic mass is 35.5. The van der Waals surface area contributed by atoms with E-state index in [9.17, 15) is 0 Å². The Morgan fingerprint density at radius 1 is 1.44 bits per heavy atom. The summed E-state index contributed by atoms with van der Waals surface area (Å²) in [5, 5.41) is 3.35. The summed E-state index contributed by atoms with van der Waals surface area (Å²) >= 11 is 0. The van der Waals surface area contributed by atoms with Crippen molar-refractivity contribution in [2.24, 2.45) is 0 Å². The summed E-state index contributed by atoms with van der Waals surface area (Å²) in [6.45, 7) is 4.54. The predicted octanol–water partition coefficient (Wildman–Crippen LogP) is 2.45. The average molecular weight is 245 g/mol. The minimum Gasteiger partial charge on any atom is -0.468 e. The van der Waals surface area contributed by atoms with Gasteiger partial charge in [0, 0.05) is 19.1 Å². The van der Waals surface area contributed by atoms with Crippen molar-refractivity contribution in [1.82, 2.24) is 10.2 Å². The van der Waals surface area contributed by atoms with Crippen molar-refractivity contribution in [3.05, 3.63) is 24.2 Å². The Hall–Kier alpha value is -0.510. The first-order valence-electron chi connectivity index (χ1n) is 5.76. The maximum absolute atomic E-state index is 5.44. The predicted molar refractivity (Wildman–Crippen MR) is 68.0 cm³/mol. The van der Waals surface area contributed by atoms with Crippen LogP contribution in [0.5, 0.6) is 0 Å². The van der Waals surface area contributed by atoms with Crippen LogP contribution in [0.15, 0.2) is 22.8 Å². The quantitative estimate of drug-likeness (QED) is 0.886. The molecule has 2 rings (SSSR count). The number of furan rings is 1. The van der Waals surface area contributed by atoms with E-state index in [1.165, 1.54) is 12.8 Å². The highest BCUT2D eigenvalue weighted by molar-refractivity contribution is 5.85. The molecule has 92 valence electrons. The zero-order valence-corrected chi connectivity index (χ0v) is 10.8. The van der Waals surface area contributed by atoms with Gasteiger partial charge in [0.1, 0.15) is 5.76 Å². The number of hydrogen-bond donors (Lipinski definition) is 1. The van der Waals surface area contributed by atoms with Gasteiger partial charge in [-0.15, -0.1) is 12.4 Å². The molecule has 0 aliphatic carbocycles. The van der Waals surface area contributed by atoms with Gasteiger partial charge < -0.3 is 9.73 Å². The van der Waals surface area contributed by atoms with Crippen LogP contribution in [-0.2, 0) is 0 Å². The third-order valence-corrected chi connectivity index (χ3v) is 3.44. The van der Waals surface area contributed by atoms with E-state index in [0.717, 1.165) is 18.8 Å². The van der Waals surface area contributed by atoms with Crippen molar-refractivity contribution in [2.45, 2.75) is 31.8 Å². The summed E-state index contributed by atoms with van der Waals surface area (Å²) in [4.78, 5) is 2.49. The summed E-state index contributed by atoms with van der Waals surface area (Å²) in [6.07, 6.45) is 4.23. The molecule has 1 unspecified atom stereocenters. The van der Waals surface area contributed by atoms with Crippen molar-refractivity contribution in [1.29, 1.82) is 0 Å². The van der Waals surface area contributed by atoms with Gasteiger partial charge in [0.05, 0.1) is 12.3 Å². The number of rotatable bonds is 3. The molecule has 0 spiro atoms. The second-order valence-electron chi connectivity index (χ2n) is 4.29. The maximum atomic E-state index is 5.44. The summed E-state index contributed by atoms with van der Waals surface area (Å²) in [5.41, 5.74) is 0. The van der Waals surface area contributed by atoms with Crippen LogP contribution < -0.4 is 5.32 Å². The van der Waals surface area contributed by atoms with Gasteiger partial charge in [-0.25, -0.2) is 0 Å². The molecule has 2 heterocycles. The van der Waals surface area contributed by atoms with Gasteiger partial charge in [0.25, 0.3) is 0 Å². The molecule has 4 heteroatoms. The molecule has 1 aliphatic heterocycles. The zero-order valence-electron chi connectivity index (χ0n) is 9.98. The second kappa shape index (κ2) is 6.28. The number of halogens is 1. The minimum absolute atomic E-state index is 0. The van der Waals surface area contributed by atoms with Gasteiger partial charge in [-0.2, -0.15) is 0 Å². The third-order valence-electron chi connectivity index (χ3n) is 3.44. The fraction of sp³-hybridized carbons (Fsp3) is 0.667. The molecule has 16 heavy (non-hydrogen) atoms. The normalized spacial score (nSPS) is 20.4. The van der Waals surface area contributed by atoms with Crippen LogP contribution in [0, 0.1) is 0 Å². The second-order valence-corrected chi connectivity index (χ2v) is 4.29. The lowest BCUT2D eigenvalue weighted by Crippen LogP contribution is -2.42. The first-order chi connectivity index (χ1) is 7.31. The number of nitrogens with zero attached hydrogens (tertiary/aromatic N) is 1. The molecular weight excluding hydrogens is 224 g/mol. The molecule has 0 saturated carbocycles. The SMILES string of the molecule is CNC1CCN(C(C)c2ccco2)CC1.Cl. The fourth-order valence-electron chi connectivity index (χ4n) is 2.28. The van der Waals surface area contributed by atoms with Crippen molar-refractivity contribution >= 4 is 12.4 Å². The lowest BCUT2D eigenvalue weighted by molar-refractivity contribution is 0.140. The van der Waals surface area contributed by atoms with E-state index in [1.54, 1.807) is 6.26 Å². The third kappa shape index (κ3) is 3.00. The van der Waals surface area contributed by atoms with E-state index in [0.29, 0.717) is 12.1 Å². The standard InChI is InChI=1S/C12H20N2O.ClH/c1-10(12-4-3-9-15-12)14-7-5-11(13-2)6-8-14;/h3-4,9-11,13H,5-8H2,1-2H3;1H. The monoisotopic (exact) mass is 244 g/mol. The first-order valence-corrected chi connectivity index (χ1v) is 5.76. The number of nitrogens with one attached hydrogen (secondary N) is 1. The van der Waals surface area contributed by atoms with Crippen LogP contribution in [0.25, 0.3) is 0 Å². The summed E-state index contributed by atoms with van der Waals surface area (Å²) in [7, 11) is 2.05. The zero-order chi connectivity index (χ0) is 10.7. The molecule has 1 atom stereocenters. The van der Waals surface area contributed by atoms with Crippen molar-refractivity contribution < 1.29 is 4.42 Å². The highest BCUT2D eigenvalue weighted by Crippen LogP contribution is 2.24. The van der Waals surface area contributed by atoms with Crippen molar-refractivity contribution in [3.63, 3.8) is 0 Å². The molecule has 0 amide bonds. The Morgan fingerprint density at radius 2 is 2.12 bits per heavy atom. The molecule has 0 radical (unpaired) electrons. The largest absolute Gasteiger partial charge is 0.468 e. The molecule has 1 aromatic rings. The smallest absolute Gasteiger partial charge is 0.120 e. The number of likely N-dealkylation sites (tertiary alicyclic amines) is 1. The number of piperidine rings is 1. The van der Waals surface area contributed by atoms with Gasteiger partial charge in [-0.1, -0.05) is 0 Å². The van der Waals surface area contributed by atoms with Gasteiger partial charge in [0.15, 0.2) is 0 Å². The van der Waals surface area contributed by atoms with E-state index in [1.807, 2.05) is 6.07 Å². The fourth-order valence-corrected chi connectivity index (χ4v) is 2.28. The van der Waals surface area contributed by atoms with Crippen LogP contribution in [-0.4, -0.2) is 31.1 Å². The lowest BCUT2D eigenvalue weighted by atomic mass is 10.0. The molecule has 3 nitrogen and oxygen atoms in total. The summed E-state index contributed by atoms with van der Waals surface area (Å²) < 4.78 is 5.44. The van der Waals surface area contributed by atoms with Crippen LogP contribution in [0.1, 0.15) is 31.6 Å². The van der Waals surface area contributed by atoms with Gasteiger partial charge in [0.2, 0.25) is 0 Å². The molecule has 1 N–H and O–H groups in total. The molecule has 0 aromatic carbocycles. The van der Waals surface area contributed by atoms with E-state index in [-0.39, 0.29) is 12.4 Å². The summed E-state index contributed by atoms with van der Waals surface area (Å²) in [6, 6.07) is 5.14. The van der Waals surface area contributed by atoms with Crippen LogP contribution in [0.3, 0.4) is 0 Å². The van der Waals surface area contributed by atoms with E-state index < -0.39 is 0 Å². The minimum atomic E-state index is 0. The van der Waals surface area contributed by atoms with Crippen LogP contribution >= 0.6 is 12.4 Å². The summed E-state index contributed by atoms with van der Waals surface area (Å²) in [5.74, 6) is 1.08. The molecule has 1 saturated heterocycles. The van der Waals surface area contributed by atoms with Gasteiger partial charge in [-0.3, -0.25) is 4.90 Å². The van der Waals surface area contributed by atoms with Crippen LogP contribution in [0.2, 0.25) is 0 Å². The Bertz CT molecular complexity index is 281. The molecule has 1 aromatic heterocycles. The topological polar surface area (TPSA) is 28.4 Å². The Labute approximate surface area is 104 Å². The maximum Gasteiger partial charge on any atom is 0.120 e. The average Bonchev–Trinajstić information content (AvgIpc) is 2.82. The molecule has 0 bridgehead atoms. The van der Waals surface area contributed by atoms with Crippen molar-refractivity contribution in [2.75, 3.05) is 20.1 Å². The Morgan fingerprint density at radius 3 is 2.62 bits per heavy atom. The molecule has 1 fully saturated rings. The molecule has 1 aliphatic rings. The van der Waals surface area contributed by atoms with Crippen molar-refractivity contribution in [3.8, 4) is 0 Å². The molecular formula is C12H21ClN2O. The highest BCUT2D eigenvalue weighted by Gasteiger charge is 2.23. The first kappa shape index (κ1) is 13.6.